The van der Waals surface area contributed by atoms with Crippen molar-refractivity contribution in [2.45, 2.75) is 31.2 Å². The van der Waals surface area contributed by atoms with Crippen LogP contribution in [0.15, 0.2) is 23.1 Å². The second-order valence-corrected chi connectivity index (χ2v) is 5.85. The maximum atomic E-state index is 12.9. The molecule has 0 aliphatic carbocycles. The lowest BCUT2D eigenvalue weighted by Gasteiger charge is -2.14. The van der Waals surface area contributed by atoms with Gasteiger partial charge < -0.3 is 0 Å². The summed E-state index contributed by atoms with van der Waals surface area (Å²) >= 11 is 5.28. The highest BCUT2D eigenvalue weighted by molar-refractivity contribution is 7.89. The third-order valence-corrected chi connectivity index (χ3v) is 4.30. The first-order chi connectivity index (χ1) is 8.27. The normalized spacial score (nSPS) is 13.3. The van der Waals surface area contributed by atoms with Crippen LogP contribution in [0.1, 0.15) is 18.9 Å². The van der Waals surface area contributed by atoms with E-state index in [1.807, 2.05) is 0 Å². The van der Waals surface area contributed by atoms with Crippen molar-refractivity contribution >= 4 is 26.9 Å². The maximum absolute atomic E-state index is 12.9. The Morgan fingerprint density at radius 1 is 1.50 bits per heavy atom. The fourth-order valence-electron chi connectivity index (χ4n) is 1.46. The van der Waals surface area contributed by atoms with E-state index in [1.165, 1.54) is 6.92 Å². The number of nitrogens with one attached hydrogen (secondary N) is 1. The van der Waals surface area contributed by atoms with E-state index in [-0.39, 0.29) is 16.9 Å². The molecule has 1 aromatic carbocycles. The van der Waals surface area contributed by atoms with Gasteiger partial charge in [0.1, 0.15) is 5.82 Å². The minimum atomic E-state index is -3.89. The molecule has 1 unspecified atom stereocenters. The number of hydrogen-bond acceptors (Lipinski definition) is 3. The Morgan fingerprint density at radius 2 is 2.11 bits per heavy atom. The molecule has 1 N–H and O–H groups in total. The van der Waals surface area contributed by atoms with Crippen molar-refractivity contribution in [3.63, 3.8) is 0 Å². The summed E-state index contributed by atoms with van der Waals surface area (Å²) in [6.07, 6.45) is 0.238. The predicted molar refractivity (Wildman–Crippen MR) is 66.4 cm³/mol. The molecule has 0 heterocycles. The van der Waals surface area contributed by atoms with Crippen LogP contribution in [0.2, 0.25) is 0 Å². The molecule has 7 heteroatoms. The summed E-state index contributed by atoms with van der Waals surface area (Å²) in [5.74, 6) is -0.521. The number of carbonyl (C=O) groups excluding carboxylic acids is 1. The van der Waals surface area contributed by atoms with Gasteiger partial charge in [-0.15, -0.1) is 0 Å². The third-order valence-electron chi connectivity index (χ3n) is 2.41. The Hall–Kier alpha value is -0.980. The van der Waals surface area contributed by atoms with Gasteiger partial charge >= 0.3 is 0 Å². The summed E-state index contributed by atoms with van der Waals surface area (Å²) in [5.41, 5.74) is 0.263. The smallest absolute Gasteiger partial charge is 0.241 e. The molecule has 0 aromatic heterocycles. The number of hydrogen-bond donors (Lipinski definition) is 1. The van der Waals surface area contributed by atoms with Crippen LogP contribution < -0.4 is 4.72 Å². The third kappa shape index (κ3) is 3.51. The van der Waals surface area contributed by atoms with Crippen LogP contribution in [-0.2, 0) is 14.8 Å². The van der Waals surface area contributed by atoms with E-state index in [9.17, 15) is 17.6 Å². The molecule has 18 heavy (non-hydrogen) atoms. The van der Waals surface area contributed by atoms with Crippen molar-refractivity contribution in [1.82, 2.24) is 4.72 Å². The molecule has 0 saturated heterocycles. The van der Waals surface area contributed by atoms with Gasteiger partial charge in [0.25, 0.3) is 0 Å². The highest BCUT2D eigenvalue weighted by Crippen LogP contribution is 2.17. The van der Waals surface area contributed by atoms with E-state index in [0.29, 0.717) is 0 Å². The number of halogens is 2. The highest BCUT2D eigenvalue weighted by atomic mass is 35.5. The molecular weight excluding hydrogens is 281 g/mol. The van der Waals surface area contributed by atoms with Crippen LogP contribution in [0, 0.1) is 12.7 Å². The average molecular weight is 294 g/mol. The molecule has 1 aromatic rings. The summed E-state index contributed by atoms with van der Waals surface area (Å²) in [6, 6.07) is 2.32. The molecule has 0 fully saturated rings. The highest BCUT2D eigenvalue weighted by Gasteiger charge is 2.24. The van der Waals surface area contributed by atoms with Crippen molar-refractivity contribution in [2.24, 2.45) is 0 Å². The molecule has 0 radical (unpaired) electrons. The number of rotatable bonds is 5. The van der Waals surface area contributed by atoms with Gasteiger partial charge in [-0.25, -0.2) is 12.8 Å². The molecule has 1 rings (SSSR count). The number of carbonyl (C=O) groups is 1. The van der Waals surface area contributed by atoms with E-state index < -0.39 is 27.1 Å². The van der Waals surface area contributed by atoms with Gasteiger partial charge in [-0.3, -0.25) is 4.79 Å². The molecule has 100 valence electrons. The SMILES string of the molecule is CCC(NS(=O)(=O)c1ccc(F)cc1C)C(=O)Cl. The van der Waals surface area contributed by atoms with Gasteiger partial charge in [-0.2, -0.15) is 4.72 Å². The van der Waals surface area contributed by atoms with Crippen molar-refractivity contribution in [3.05, 3.63) is 29.6 Å². The van der Waals surface area contributed by atoms with Crippen LogP contribution in [0.4, 0.5) is 4.39 Å². The second kappa shape index (κ2) is 5.77. The largest absolute Gasteiger partial charge is 0.279 e. The van der Waals surface area contributed by atoms with E-state index in [0.717, 1.165) is 18.2 Å². The summed E-state index contributed by atoms with van der Waals surface area (Å²) in [4.78, 5) is 10.9. The fraction of sp³-hybridized carbons (Fsp3) is 0.364. The topological polar surface area (TPSA) is 63.2 Å². The van der Waals surface area contributed by atoms with Gasteiger partial charge in [0.15, 0.2) is 0 Å². The Balaban J connectivity index is 3.10. The lowest BCUT2D eigenvalue weighted by molar-refractivity contribution is -0.113. The first kappa shape index (κ1) is 15.1. The van der Waals surface area contributed by atoms with Crippen molar-refractivity contribution in [1.29, 1.82) is 0 Å². The Bertz CT molecular complexity index is 559. The number of sulfonamides is 1. The zero-order valence-corrected chi connectivity index (χ0v) is 11.5. The van der Waals surface area contributed by atoms with Crippen LogP contribution >= 0.6 is 11.6 Å². The summed E-state index contributed by atoms with van der Waals surface area (Å²) in [6.45, 7) is 3.10. The molecule has 0 amide bonds. The Labute approximate surface area is 110 Å². The monoisotopic (exact) mass is 293 g/mol. The van der Waals surface area contributed by atoms with Gasteiger partial charge in [0.2, 0.25) is 15.3 Å². The molecule has 4 nitrogen and oxygen atoms in total. The van der Waals surface area contributed by atoms with Crippen molar-refractivity contribution in [3.8, 4) is 0 Å². The second-order valence-electron chi connectivity index (χ2n) is 3.80. The van der Waals surface area contributed by atoms with Crippen molar-refractivity contribution in [2.75, 3.05) is 0 Å². The van der Waals surface area contributed by atoms with Gasteiger partial charge in [0.05, 0.1) is 10.9 Å². The summed E-state index contributed by atoms with van der Waals surface area (Å²) in [5, 5.41) is -0.777. The molecule has 0 aliphatic heterocycles. The van der Waals surface area contributed by atoms with E-state index in [2.05, 4.69) is 4.72 Å². The minimum absolute atomic E-state index is 0.0692. The van der Waals surface area contributed by atoms with Crippen LogP contribution in [0.25, 0.3) is 0 Å². The Kier molecular flexibility index (Phi) is 4.84. The lowest BCUT2D eigenvalue weighted by atomic mass is 10.2. The standard InChI is InChI=1S/C11H13ClFNO3S/c1-3-9(11(12)15)14-18(16,17)10-5-4-8(13)6-7(10)2/h4-6,9,14H,3H2,1-2H3. The van der Waals surface area contributed by atoms with Gasteiger partial charge in [-0.1, -0.05) is 6.92 Å². The number of benzene rings is 1. The molecule has 0 aliphatic rings. The maximum Gasteiger partial charge on any atom is 0.241 e. The summed E-state index contributed by atoms with van der Waals surface area (Å²) in [7, 11) is -3.89. The lowest BCUT2D eigenvalue weighted by Crippen LogP contribution is -2.38. The van der Waals surface area contributed by atoms with Crippen LogP contribution in [0.5, 0.6) is 0 Å². The molecule has 1 atom stereocenters. The average Bonchev–Trinajstić information content (AvgIpc) is 2.24. The zero-order valence-electron chi connectivity index (χ0n) is 9.91. The van der Waals surface area contributed by atoms with Crippen LogP contribution in [-0.4, -0.2) is 19.7 Å². The van der Waals surface area contributed by atoms with Gasteiger partial charge in [0, 0.05) is 0 Å². The van der Waals surface area contributed by atoms with Crippen LogP contribution in [0.3, 0.4) is 0 Å². The van der Waals surface area contributed by atoms with Crippen molar-refractivity contribution < 1.29 is 17.6 Å². The minimum Gasteiger partial charge on any atom is -0.279 e. The molecular formula is C11H13ClFNO3S. The predicted octanol–water partition coefficient (Wildman–Crippen LogP) is 1.96. The molecule has 0 spiro atoms. The van der Waals surface area contributed by atoms with E-state index in [4.69, 9.17) is 11.6 Å². The zero-order chi connectivity index (χ0) is 13.9. The fourth-order valence-corrected chi connectivity index (χ4v) is 3.23. The molecule has 0 saturated carbocycles. The van der Waals surface area contributed by atoms with Gasteiger partial charge in [-0.05, 0) is 48.7 Å². The first-order valence-electron chi connectivity index (χ1n) is 5.25. The summed E-state index contributed by atoms with van der Waals surface area (Å²) < 4.78 is 39.1. The van der Waals surface area contributed by atoms with E-state index >= 15 is 0 Å². The van der Waals surface area contributed by atoms with E-state index in [1.54, 1.807) is 6.92 Å². The quantitative estimate of drug-likeness (QED) is 0.844. The number of aryl methyl sites for hydroxylation is 1. The Morgan fingerprint density at radius 3 is 2.56 bits per heavy atom. The first-order valence-corrected chi connectivity index (χ1v) is 7.12. The molecule has 0 bridgehead atoms.